The number of nitrogens with two attached hydrogens (primary N) is 1. The molecule has 1 amide bonds. The van der Waals surface area contributed by atoms with Crippen LogP contribution in [-0.2, 0) is 11.8 Å². The molecular weight excluding hydrogens is 288 g/mol. The van der Waals surface area contributed by atoms with Crippen molar-refractivity contribution in [2.45, 2.75) is 32.7 Å². The van der Waals surface area contributed by atoms with Gasteiger partial charge in [0.2, 0.25) is 5.91 Å². The van der Waals surface area contributed by atoms with Crippen molar-refractivity contribution in [1.82, 2.24) is 14.7 Å². The third-order valence-corrected chi connectivity index (χ3v) is 4.55. The molecule has 0 aromatic carbocycles. The highest BCUT2D eigenvalue weighted by atomic mass is 35.5. The van der Waals surface area contributed by atoms with Crippen molar-refractivity contribution >= 4 is 23.6 Å². The van der Waals surface area contributed by atoms with Crippen molar-refractivity contribution < 1.29 is 4.79 Å². The number of halogens is 1. The number of hydrogen-bond acceptors (Lipinski definition) is 3. The first-order chi connectivity index (χ1) is 9.90. The molecule has 0 spiro atoms. The number of rotatable bonds is 3. The predicted octanol–water partition coefficient (Wildman–Crippen LogP) is 1.98. The fourth-order valence-corrected chi connectivity index (χ4v) is 2.97. The molecule has 1 aromatic heterocycles. The lowest BCUT2D eigenvalue weighted by Gasteiger charge is -2.34. The number of carbonyl (C=O) groups is 1. The van der Waals surface area contributed by atoms with Crippen molar-refractivity contribution in [1.29, 1.82) is 0 Å². The summed E-state index contributed by atoms with van der Waals surface area (Å²) in [5, 5.41) is 4.77. The van der Waals surface area contributed by atoms with Crippen LogP contribution in [-0.4, -0.2) is 39.7 Å². The van der Waals surface area contributed by atoms with Gasteiger partial charge in [0.1, 0.15) is 5.15 Å². The highest BCUT2D eigenvalue weighted by molar-refractivity contribution is 6.31. The summed E-state index contributed by atoms with van der Waals surface area (Å²) < 4.78 is 1.61. The third kappa shape index (κ3) is 3.66. The summed E-state index contributed by atoms with van der Waals surface area (Å²) in [6.45, 7) is 5.42. The van der Waals surface area contributed by atoms with Gasteiger partial charge >= 0.3 is 0 Å². The molecule has 0 radical (unpaired) electrons. The molecule has 2 rings (SSSR count). The van der Waals surface area contributed by atoms with Gasteiger partial charge in [0.15, 0.2) is 0 Å². The van der Waals surface area contributed by atoms with Crippen LogP contribution in [0, 0.1) is 12.8 Å². The molecule has 2 unspecified atom stereocenters. The quantitative estimate of drug-likeness (QED) is 0.868. The van der Waals surface area contributed by atoms with Gasteiger partial charge in [0.25, 0.3) is 0 Å². The Hall–Kier alpha value is -1.33. The number of hydrogen-bond donors (Lipinski definition) is 1. The summed E-state index contributed by atoms with van der Waals surface area (Å²) in [6.07, 6.45) is 5.44. The average Bonchev–Trinajstić information content (AvgIpc) is 2.70. The molecule has 2 N–H and O–H groups in total. The van der Waals surface area contributed by atoms with E-state index in [1.165, 1.54) is 0 Å². The Morgan fingerprint density at radius 1 is 1.57 bits per heavy atom. The molecular formula is C15H23ClN4O. The summed E-state index contributed by atoms with van der Waals surface area (Å²) in [6, 6.07) is 0.125. The molecule has 1 fully saturated rings. The third-order valence-electron chi connectivity index (χ3n) is 4.10. The number of likely N-dealkylation sites (tertiary alicyclic amines) is 1. The van der Waals surface area contributed by atoms with Crippen LogP contribution >= 0.6 is 11.6 Å². The molecule has 1 aliphatic rings. The van der Waals surface area contributed by atoms with Crippen LogP contribution in [0.1, 0.15) is 31.0 Å². The normalized spacial score (nSPS) is 21.0. The fourth-order valence-electron chi connectivity index (χ4n) is 2.74. The van der Waals surface area contributed by atoms with E-state index in [1.807, 2.05) is 18.7 Å². The Kier molecular flexibility index (Phi) is 5.06. The molecule has 5 nitrogen and oxygen atoms in total. The van der Waals surface area contributed by atoms with E-state index in [0.29, 0.717) is 11.1 Å². The Morgan fingerprint density at radius 2 is 2.29 bits per heavy atom. The molecule has 1 saturated heterocycles. The van der Waals surface area contributed by atoms with Crippen LogP contribution in [0.5, 0.6) is 0 Å². The predicted molar refractivity (Wildman–Crippen MR) is 84.9 cm³/mol. The van der Waals surface area contributed by atoms with Gasteiger partial charge in [-0.25, -0.2) is 0 Å². The number of aromatic nitrogens is 2. The average molecular weight is 311 g/mol. The van der Waals surface area contributed by atoms with Gasteiger partial charge in [0.05, 0.1) is 5.69 Å². The largest absolute Gasteiger partial charge is 0.339 e. The van der Waals surface area contributed by atoms with Crippen molar-refractivity contribution in [3.05, 3.63) is 22.5 Å². The number of piperidine rings is 1. The van der Waals surface area contributed by atoms with E-state index >= 15 is 0 Å². The zero-order valence-electron chi connectivity index (χ0n) is 12.8. The van der Waals surface area contributed by atoms with Gasteiger partial charge in [0, 0.05) is 37.8 Å². The van der Waals surface area contributed by atoms with Crippen LogP contribution in [0.25, 0.3) is 6.08 Å². The highest BCUT2D eigenvalue weighted by Crippen LogP contribution is 2.21. The Labute approximate surface area is 130 Å². The monoisotopic (exact) mass is 310 g/mol. The summed E-state index contributed by atoms with van der Waals surface area (Å²) >= 11 is 6.16. The first kappa shape index (κ1) is 16.0. The van der Waals surface area contributed by atoms with Gasteiger partial charge in [-0.3, -0.25) is 9.48 Å². The summed E-state index contributed by atoms with van der Waals surface area (Å²) in [5.74, 6) is 0.402. The van der Waals surface area contributed by atoms with Crippen LogP contribution in [0.3, 0.4) is 0 Å². The van der Waals surface area contributed by atoms with E-state index in [9.17, 15) is 4.79 Å². The van der Waals surface area contributed by atoms with Gasteiger partial charge in [-0.15, -0.1) is 0 Å². The maximum absolute atomic E-state index is 12.3. The Bertz CT molecular complexity index is 550. The van der Waals surface area contributed by atoms with Crippen molar-refractivity contribution in [3.63, 3.8) is 0 Å². The second-order valence-corrected chi connectivity index (χ2v) is 6.15. The molecule has 6 heteroatoms. The van der Waals surface area contributed by atoms with Crippen LogP contribution in [0.15, 0.2) is 6.08 Å². The number of nitrogens with zero attached hydrogens (tertiary/aromatic N) is 3. The van der Waals surface area contributed by atoms with Gasteiger partial charge in [-0.05, 0) is 38.7 Å². The molecule has 0 saturated carbocycles. The van der Waals surface area contributed by atoms with E-state index < -0.39 is 0 Å². The van der Waals surface area contributed by atoms with Crippen molar-refractivity contribution in [3.8, 4) is 0 Å². The van der Waals surface area contributed by atoms with E-state index in [0.717, 1.165) is 37.2 Å². The molecule has 2 heterocycles. The number of aryl methyl sites for hydroxylation is 2. The first-order valence-electron chi connectivity index (χ1n) is 7.31. The summed E-state index contributed by atoms with van der Waals surface area (Å²) in [7, 11) is 1.78. The van der Waals surface area contributed by atoms with Crippen LogP contribution in [0.4, 0.5) is 0 Å². The Morgan fingerprint density at radius 3 is 2.86 bits per heavy atom. The van der Waals surface area contributed by atoms with E-state index in [1.54, 1.807) is 23.9 Å². The van der Waals surface area contributed by atoms with E-state index in [4.69, 9.17) is 17.3 Å². The number of amides is 1. The zero-order valence-corrected chi connectivity index (χ0v) is 13.6. The molecule has 1 aliphatic heterocycles. The number of carbonyl (C=O) groups excluding carboxylic acids is 1. The molecule has 0 bridgehead atoms. The summed E-state index contributed by atoms with van der Waals surface area (Å²) in [5.41, 5.74) is 7.57. The molecule has 116 valence electrons. The molecule has 2 atom stereocenters. The highest BCUT2D eigenvalue weighted by Gasteiger charge is 2.24. The first-order valence-corrected chi connectivity index (χ1v) is 7.69. The van der Waals surface area contributed by atoms with Crippen molar-refractivity contribution in [2.75, 3.05) is 13.1 Å². The van der Waals surface area contributed by atoms with E-state index in [2.05, 4.69) is 5.10 Å². The Balaban J connectivity index is 2.05. The van der Waals surface area contributed by atoms with Gasteiger partial charge in [-0.2, -0.15) is 5.10 Å². The molecule has 21 heavy (non-hydrogen) atoms. The minimum absolute atomic E-state index is 0.0136. The van der Waals surface area contributed by atoms with E-state index in [-0.39, 0.29) is 11.9 Å². The maximum atomic E-state index is 12.3. The second-order valence-electron chi connectivity index (χ2n) is 5.79. The van der Waals surface area contributed by atoms with Crippen LogP contribution < -0.4 is 5.73 Å². The maximum Gasteiger partial charge on any atom is 0.246 e. The van der Waals surface area contributed by atoms with Gasteiger partial charge < -0.3 is 10.6 Å². The second kappa shape index (κ2) is 6.62. The van der Waals surface area contributed by atoms with Crippen LogP contribution in [0.2, 0.25) is 5.15 Å². The van der Waals surface area contributed by atoms with Crippen molar-refractivity contribution in [2.24, 2.45) is 18.7 Å². The zero-order chi connectivity index (χ0) is 15.6. The minimum Gasteiger partial charge on any atom is -0.339 e. The van der Waals surface area contributed by atoms with Gasteiger partial charge in [-0.1, -0.05) is 11.6 Å². The SMILES string of the molecule is Cc1nn(C)c(Cl)c1/C=C/C(=O)N1CCCC(C(C)N)C1. The minimum atomic E-state index is 0.0136. The fraction of sp³-hybridized carbons (Fsp3) is 0.600. The molecule has 1 aromatic rings. The summed E-state index contributed by atoms with van der Waals surface area (Å²) in [4.78, 5) is 14.2. The lowest BCUT2D eigenvalue weighted by Crippen LogP contribution is -2.44. The molecule has 0 aliphatic carbocycles. The smallest absolute Gasteiger partial charge is 0.246 e. The topological polar surface area (TPSA) is 64.2 Å². The lowest BCUT2D eigenvalue weighted by atomic mass is 9.92. The standard InChI is InChI=1S/C15H23ClN4O/c1-10(17)12-5-4-8-20(9-12)14(21)7-6-13-11(2)18-19(3)15(13)16/h6-7,10,12H,4-5,8-9,17H2,1-3H3/b7-6+. The lowest BCUT2D eigenvalue weighted by molar-refractivity contribution is -0.127.